The molecule has 0 fully saturated rings. The van der Waals surface area contributed by atoms with Gasteiger partial charge in [-0.25, -0.2) is 4.98 Å². The van der Waals surface area contributed by atoms with E-state index in [4.69, 9.17) is 5.26 Å². The smallest absolute Gasteiger partial charge is 0.321 e. The van der Waals surface area contributed by atoms with Crippen molar-refractivity contribution in [1.82, 2.24) is 4.98 Å². The highest BCUT2D eigenvalue weighted by Gasteiger charge is 2.27. The van der Waals surface area contributed by atoms with Crippen LogP contribution in [-0.2, 0) is 17.4 Å². The molecule has 0 aliphatic rings. The molecule has 0 atom stereocenters. The lowest BCUT2D eigenvalue weighted by Gasteiger charge is -2.14. The van der Waals surface area contributed by atoms with Crippen molar-refractivity contribution >= 4 is 12.9 Å². The van der Waals surface area contributed by atoms with Crippen molar-refractivity contribution in [2.24, 2.45) is 0 Å². The average molecular weight is 240 g/mol. The number of pyridine rings is 1. The molecule has 0 aliphatic heterocycles. The Kier molecular flexibility index (Phi) is 3.82. The van der Waals surface area contributed by atoms with Crippen molar-refractivity contribution in [2.75, 3.05) is 0 Å². The van der Waals surface area contributed by atoms with Gasteiger partial charge in [-0.2, -0.15) is 5.26 Å². The van der Waals surface area contributed by atoms with Crippen LogP contribution >= 0.6 is 7.60 Å². The van der Waals surface area contributed by atoms with Crippen molar-refractivity contribution in [3.8, 4) is 6.07 Å². The molecule has 0 radical (unpaired) electrons. The number of nitriles is 1. The molecule has 0 aliphatic carbocycles. The molecule has 0 unspecified atom stereocenters. The monoisotopic (exact) mass is 240 g/mol. The van der Waals surface area contributed by atoms with Crippen LogP contribution in [0.4, 0.5) is 0 Å². The zero-order chi connectivity index (χ0) is 12.3. The summed E-state index contributed by atoms with van der Waals surface area (Å²) in [7, 11) is -4.45. The standard InChI is InChI=1S/C10H13N2O3P/c1-3-7-6-12-9(5-11)10(8(7)4-2)16(13,14)15/h6H,3-4H2,1-2H3,(H2,13,14,15). The van der Waals surface area contributed by atoms with Crippen molar-refractivity contribution in [3.63, 3.8) is 0 Å². The summed E-state index contributed by atoms with van der Waals surface area (Å²) >= 11 is 0. The van der Waals surface area contributed by atoms with Crippen LogP contribution in [0.3, 0.4) is 0 Å². The molecule has 1 aromatic heterocycles. The van der Waals surface area contributed by atoms with Gasteiger partial charge in [-0.1, -0.05) is 13.8 Å². The van der Waals surface area contributed by atoms with E-state index in [2.05, 4.69) is 4.98 Å². The first-order valence-electron chi connectivity index (χ1n) is 4.92. The highest BCUT2D eigenvalue weighted by Crippen LogP contribution is 2.36. The normalized spacial score (nSPS) is 11.2. The minimum atomic E-state index is -4.45. The van der Waals surface area contributed by atoms with E-state index in [9.17, 15) is 14.4 Å². The number of aryl methyl sites for hydroxylation is 1. The summed E-state index contributed by atoms with van der Waals surface area (Å²) in [5, 5.41) is 8.60. The van der Waals surface area contributed by atoms with Crippen LogP contribution in [-0.4, -0.2) is 14.8 Å². The number of nitrogens with zero attached hydrogens (tertiary/aromatic N) is 2. The lowest BCUT2D eigenvalue weighted by molar-refractivity contribution is 0.387. The van der Waals surface area contributed by atoms with Gasteiger partial charge in [0, 0.05) is 6.20 Å². The predicted octanol–water partition coefficient (Wildman–Crippen LogP) is 0.881. The summed E-state index contributed by atoms with van der Waals surface area (Å²) in [4.78, 5) is 22.3. The first kappa shape index (κ1) is 12.9. The van der Waals surface area contributed by atoms with Crippen LogP contribution in [0.5, 0.6) is 0 Å². The molecule has 86 valence electrons. The maximum atomic E-state index is 11.4. The van der Waals surface area contributed by atoms with Crippen LogP contribution in [0.25, 0.3) is 0 Å². The van der Waals surface area contributed by atoms with Crippen LogP contribution < -0.4 is 5.30 Å². The van der Waals surface area contributed by atoms with Gasteiger partial charge in [0.1, 0.15) is 11.4 Å². The molecule has 0 saturated carbocycles. The van der Waals surface area contributed by atoms with E-state index in [0.29, 0.717) is 18.4 Å². The fourth-order valence-electron chi connectivity index (χ4n) is 1.67. The van der Waals surface area contributed by atoms with Gasteiger partial charge in [0.05, 0.1) is 0 Å². The Morgan fingerprint density at radius 2 is 2.06 bits per heavy atom. The highest BCUT2D eigenvalue weighted by atomic mass is 31.2. The minimum Gasteiger partial charge on any atom is -0.321 e. The quantitative estimate of drug-likeness (QED) is 0.765. The van der Waals surface area contributed by atoms with Gasteiger partial charge < -0.3 is 9.79 Å². The Labute approximate surface area is 93.9 Å². The topological polar surface area (TPSA) is 94.2 Å². The number of hydrogen-bond acceptors (Lipinski definition) is 3. The molecule has 0 amide bonds. The van der Waals surface area contributed by atoms with Gasteiger partial charge in [0.15, 0.2) is 5.69 Å². The Hall–Kier alpha value is -1.21. The van der Waals surface area contributed by atoms with Gasteiger partial charge in [-0.15, -0.1) is 0 Å². The zero-order valence-corrected chi connectivity index (χ0v) is 10.0. The molecule has 5 nitrogen and oxygen atoms in total. The third-order valence-electron chi connectivity index (χ3n) is 2.38. The van der Waals surface area contributed by atoms with Gasteiger partial charge in [0.2, 0.25) is 0 Å². The van der Waals surface area contributed by atoms with Gasteiger partial charge in [-0.05, 0) is 24.0 Å². The van der Waals surface area contributed by atoms with Gasteiger partial charge in [0.25, 0.3) is 0 Å². The summed E-state index contributed by atoms with van der Waals surface area (Å²) in [6, 6.07) is 1.72. The Morgan fingerprint density at radius 3 is 2.44 bits per heavy atom. The molecule has 6 heteroatoms. The molecule has 0 bridgehead atoms. The van der Waals surface area contributed by atoms with Crippen LogP contribution in [0.15, 0.2) is 6.20 Å². The summed E-state index contributed by atoms with van der Waals surface area (Å²) in [5.74, 6) is 0. The van der Waals surface area contributed by atoms with E-state index in [1.165, 1.54) is 6.20 Å². The van der Waals surface area contributed by atoms with Gasteiger partial charge in [-0.3, -0.25) is 4.57 Å². The summed E-state index contributed by atoms with van der Waals surface area (Å²) in [5.41, 5.74) is 1.14. The maximum Gasteiger partial charge on any atom is 0.359 e. The second-order valence-corrected chi connectivity index (χ2v) is 4.86. The highest BCUT2D eigenvalue weighted by molar-refractivity contribution is 7.60. The average Bonchev–Trinajstić information content (AvgIpc) is 2.25. The molecule has 16 heavy (non-hydrogen) atoms. The van der Waals surface area contributed by atoms with Crippen molar-refractivity contribution < 1.29 is 14.4 Å². The molecule has 0 aromatic carbocycles. The Morgan fingerprint density at radius 1 is 1.44 bits per heavy atom. The summed E-state index contributed by atoms with van der Waals surface area (Å²) < 4.78 is 11.4. The van der Waals surface area contributed by atoms with E-state index < -0.39 is 7.60 Å². The van der Waals surface area contributed by atoms with E-state index in [0.717, 1.165) is 5.56 Å². The molecule has 0 saturated heterocycles. The fourth-order valence-corrected chi connectivity index (χ4v) is 2.71. The van der Waals surface area contributed by atoms with Crippen LogP contribution in [0, 0.1) is 11.3 Å². The predicted molar refractivity (Wildman–Crippen MR) is 59.4 cm³/mol. The second-order valence-electron chi connectivity index (χ2n) is 3.32. The third-order valence-corrected chi connectivity index (χ3v) is 3.44. The molecular weight excluding hydrogens is 227 g/mol. The van der Waals surface area contributed by atoms with E-state index in [-0.39, 0.29) is 11.0 Å². The molecular formula is C10H13N2O3P. The maximum absolute atomic E-state index is 11.4. The van der Waals surface area contributed by atoms with E-state index in [1.807, 2.05) is 6.92 Å². The molecule has 0 spiro atoms. The molecule has 1 rings (SSSR count). The minimum absolute atomic E-state index is 0.178. The van der Waals surface area contributed by atoms with Crippen molar-refractivity contribution in [1.29, 1.82) is 5.26 Å². The van der Waals surface area contributed by atoms with Gasteiger partial charge >= 0.3 is 7.60 Å². The molecule has 2 N–H and O–H groups in total. The summed E-state index contributed by atoms with van der Waals surface area (Å²) in [6.07, 6.45) is 2.62. The number of rotatable bonds is 3. The van der Waals surface area contributed by atoms with Crippen LogP contribution in [0.2, 0.25) is 0 Å². The first-order chi connectivity index (χ1) is 7.45. The number of hydrogen-bond donors (Lipinski definition) is 2. The lowest BCUT2D eigenvalue weighted by Crippen LogP contribution is -2.19. The van der Waals surface area contributed by atoms with E-state index in [1.54, 1.807) is 13.0 Å². The van der Waals surface area contributed by atoms with Crippen LogP contribution in [0.1, 0.15) is 30.7 Å². The fraction of sp³-hybridized carbons (Fsp3) is 0.400. The Balaban J connectivity index is 3.65. The van der Waals surface area contributed by atoms with E-state index >= 15 is 0 Å². The van der Waals surface area contributed by atoms with Crippen molar-refractivity contribution in [3.05, 3.63) is 23.0 Å². The zero-order valence-electron chi connectivity index (χ0n) is 9.14. The SMILES string of the molecule is CCc1cnc(C#N)c(P(=O)(O)O)c1CC. The molecule has 1 aromatic rings. The second kappa shape index (κ2) is 4.75. The lowest BCUT2D eigenvalue weighted by atomic mass is 10.0. The largest absolute Gasteiger partial charge is 0.359 e. The Bertz CT molecular complexity index is 488. The van der Waals surface area contributed by atoms with Crippen molar-refractivity contribution in [2.45, 2.75) is 26.7 Å². The summed E-state index contributed by atoms with van der Waals surface area (Å²) in [6.45, 7) is 3.68. The molecule has 1 heterocycles. The third kappa shape index (κ3) is 2.30. The number of aromatic nitrogens is 1. The first-order valence-corrected chi connectivity index (χ1v) is 6.53.